The first-order valence-electron chi connectivity index (χ1n) is 4.25. The van der Waals surface area contributed by atoms with Gasteiger partial charge in [-0.2, -0.15) is 17.6 Å². The molecular formula is C7H7F4N3O4. The quantitative estimate of drug-likeness (QED) is 0.820. The van der Waals surface area contributed by atoms with Crippen molar-refractivity contribution in [1.82, 2.24) is 10.3 Å². The lowest BCUT2D eigenvalue weighted by molar-refractivity contribution is -0.305. The lowest BCUT2D eigenvalue weighted by Crippen LogP contribution is -2.52. The van der Waals surface area contributed by atoms with Crippen molar-refractivity contribution in [2.45, 2.75) is 12.0 Å². The molecular weight excluding hydrogens is 266 g/mol. The zero-order valence-electron chi connectivity index (χ0n) is 9.04. The Labute approximate surface area is 97.0 Å². The molecule has 7 nitrogen and oxygen atoms in total. The van der Waals surface area contributed by atoms with E-state index >= 15 is 0 Å². The number of carbonyl (C=O) groups excluding carboxylic acids is 1. The van der Waals surface area contributed by atoms with E-state index in [0.717, 1.165) is 7.11 Å². The molecule has 0 unspecified atom stereocenters. The van der Waals surface area contributed by atoms with Crippen molar-refractivity contribution in [2.24, 2.45) is 0 Å². The molecule has 0 bridgehead atoms. The third-order valence-corrected chi connectivity index (χ3v) is 1.82. The van der Waals surface area contributed by atoms with Crippen molar-refractivity contribution in [2.75, 3.05) is 19.5 Å². The summed E-state index contributed by atoms with van der Waals surface area (Å²) in [6.45, 7) is 0. The Morgan fingerprint density at radius 1 is 1.28 bits per heavy atom. The van der Waals surface area contributed by atoms with Crippen LogP contribution in [0.15, 0.2) is 4.63 Å². The van der Waals surface area contributed by atoms with Crippen molar-refractivity contribution in [3.63, 3.8) is 0 Å². The number of carbonyl (C=O) groups is 1. The molecule has 1 rings (SSSR count). The van der Waals surface area contributed by atoms with Crippen molar-refractivity contribution in [3.05, 3.63) is 0 Å². The van der Waals surface area contributed by atoms with Crippen LogP contribution in [0, 0.1) is 0 Å². The molecule has 0 saturated heterocycles. The Bertz CT molecular complexity index is 435. The van der Waals surface area contributed by atoms with Gasteiger partial charge < -0.3 is 9.47 Å². The first-order chi connectivity index (χ1) is 8.26. The number of halogens is 4. The molecule has 0 radical (unpaired) electrons. The molecule has 1 aromatic rings. The Kier molecular flexibility index (Phi) is 3.74. The molecule has 0 fully saturated rings. The van der Waals surface area contributed by atoms with Crippen LogP contribution in [0.2, 0.25) is 0 Å². The molecule has 0 aliphatic heterocycles. The minimum Gasteiger partial charge on any atom is -0.476 e. The minimum absolute atomic E-state index is 0.394. The van der Waals surface area contributed by atoms with Crippen LogP contribution >= 0.6 is 0 Å². The maximum atomic E-state index is 13.4. The van der Waals surface area contributed by atoms with Crippen LogP contribution in [0.25, 0.3) is 0 Å². The van der Waals surface area contributed by atoms with Crippen molar-refractivity contribution < 1.29 is 36.5 Å². The van der Waals surface area contributed by atoms with E-state index in [1.807, 2.05) is 0 Å². The van der Waals surface area contributed by atoms with Gasteiger partial charge in [0, 0.05) is 7.11 Å². The van der Waals surface area contributed by atoms with Gasteiger partial charge in [0.25, 0.3) is 0 Å². The summed E-state index contributed by atoms with van der Waals surface area (Å²) in [7, 11) is 1.49. The average Bonchev–Trinajstić information content (AvgIpc) is 2.73. The van der Waals surface area contributed by atoms with Gasteiger partial charge >= 0.3 is 23.8 Å². The zero-order chi connectivity index (χ0) is 14.0. The van der Waals surface area contributed by atoms with Crippen LogP contribution in [0.3, 0.4) is 0 Å². The van der Waals surface area contributed by atoms with E-state index in [-0.39, 0.29) is 0 Å². The number of rotatable bonds is 4. The summed E-state index contributed by atoms with van der Waals surface area (Å²) >= 11 is 0. The second-order valence-electron chi connectivity index (χ2n) is 2.87. The number of nitrogens with one attached hydrogen (secondary N) is 1. The fourth-order valence-electron chi connectivity index (χ4n) is 0.916. The van der Waals surface area contributed by atoms with Crippen LogP contribution in [0.4, 0.5) is 23.4 Å². The van der Waals surface area contributed by atoms with Gasteiger partial charge in [-0.25, -0.2) is 4.63 Å². The molecule has 11 heteroatoms. The lowest BCUT2D eigenvalue weighted by atomic mass is 10.2. The number of ether oxygens (including phenoxy) is 2. The van der Waals surface area contributed by atoms with Crippen LogP contribution in [0.1, 0.15) is 0 Å². The molecule has 0 aliphatic rings. The number of anilines is 1. The monoisotopic (exact) mass is 273 g/mol. The topological polar surface area (TPSA) is 86.5 Å². The third kappa shape index (κ3) is 2.34. The Hall–Kier alpha value is -1.91. The SMILES string of the molecule is COc1nonc1NC(=O)[C@](F)(OC)C(F)(F)F. The van der Waals surface area contributed by atoms with Gasteiger partial charge in [-0.1, -0.05) is 0 Å². The second kappa shape index (κ2) is 4.76. The number of amides is 1. The number of aromatic nitrogens is 2. The second-order valence-corrected chi connectivity index (χ2v) is 2.87. The molecule has 1 atom stereocenters. The summed E-state index contributed by atoms with van der Waals surface area (Å²) in [6, 6.07) is 0. The number of alkyl halides is 4. The summed E-state index contributed by atoms with van der Waals surface area (Å²) in [5.74, 6) is -7.67. The van der Waals surface area contributed by atoms with Crippen molar-refractivity contribution in [3.8, 4) is 5.88 Å². The molecule has 1 N–H and O–H groups in total. The van der Waals surface area contributed by atoms with E-state index < -0.39 is 29.6 Å². The molecule has 102 valence electrons. The van der Waals surface area contributed by atoms with Crippen LogP contribution in [0.5, 0.6) is 5.88 Å². The van der Waals surface area contributed by atoms with Crippen LogP contribution < -0.4 is 10.1 Å². The normalized spacial score (nSPS) is 15.0. The van der Waals surface area contributed by atoms with Crippen molar-refractivity contribution in [1.29, 1.82) is 0 Å². The lowest BCUT2D eigenvalue weighted by Gasteiger charge is -2.24. The maximum absolute atomic E-state index is 13.4. The fourth-order valence-corrected chi connectivity index (χ4v) is 0.916. The highest BCUT2D eigenvalue weighted by Gasteiger charge is 2.63. The standard InChI is InChI=1S/C7H7F4N3O4/c1-16-4-3(13-18-14-4)12-5(15)6(8,17-2)7(9,10)11/h1-2H3,(H,12,13,15)/t6-/m0/s1. The van der Waals surface area contributed by atoms with E-state index in [0.29, 0.717) is 7.11 Å². The van der Waals surface area contributed by atoms with Gasteiger partial charge in [0.15, 0.2) is 0 Å². The number of nitrogens with zero attached hydrogens (tertiary/aromatic N) is 2. The third-order valence-electron chi connectivity index (χ3n) is 1.82. The predicted octanol–water partition coefficient (Wildman–Crippen LogP) is 0.891. The number of hydrogen-bond acceptors (Lipinski definition) is 6. The summed E-state index contributed by atoms with van der Waals surface area (Å²) in [6.07, 6.45) is -5.56. The summed E-state index contributed by atoms with van der Waals surface area (Å²) in [5, 5.41) is 7.60. The Morgan fingerprint density at radius 3 is 2.33 bits per heavy atom. The van der Waals surface area contributed by atoms with Crippen LogP contribution in [-0.2, 0) is 9.53 Å². The van der Waals surface area contributed by atoms with Gasteiger partial charge in [0.05, 0.1) is 7.11 Å². The number of hydrogen-bond donors (Lipinski definition) is 1. The predicted molar refractivity (Wildman–Crippen MR) is 46.4 cm³/mol. The molecule has 0 spiro atoms. The highest BCUT2D eigenvalue weighted by atomic mass is 19.4. The molecule has 0 saturated carbocycles. The van der Waals surface area contributed by atoms with E-state index in [1.165, 1.54) is 5.32 Å². The molecule has 18 heavy (non-hydrogen) atoms. The Morgan fingerprint density at radius 2 is 1.89 bits per heavy atom. The van der Waals surface area contributed by atoms with E-state index in [1.54, 1.807) is 0 Å². The largest absolute Gasteiger partial charge is 0.476 e. The maximum Gasteiger partial charge on any atom is 0.458 e. The fraction of sp³-hybridized carbons (Fsp3) is 0.571. The molecule has 1 aromatic heterocycles. The van der Waals surface area contributed by atoms with Crippen molar-refractivity contribution >= 4 is 11.7 Å². The van der Waals surface area contributed by atoms with Gasteiger partial charge in [0.1, 0.15) is 0 Å². The molecule has 1 heterocycles. The Balaban J connectivity index is 2.94. The number of methoxy groups -OCH3 is 2. The van der Waals surface area contributed by atoms with Gasteiger partial charge in [-0.3, -0.25) is 10.1 Å². The highest BCUT2D eigenvalue weighted by molar-refractivity contribution is 5.96. The molecule has 1 amide bonds. The molecule has 0 aromatic carbocycles. The smallest absolute Gasteiger partial charge is 0.458 e. The van der Waals surface area contributed by atoms with Crippen LogP contribution in [-0.4, -0.2) is 42.5 Å². The summed E-state index contributed by atoms with van der Waals surface area (Å²) < 4.78 is 62.5. The molecule has 0 aliphatic carbocycles. The van der Waals surface area contributed by atoms with Gasteiger partial charge in [-0.05, 0) is 10.3 Å². The first-order valence-corrected chi connectivity index (χ1v) is 4.25. The summed E-state index contributed by atoms with van der Waals surface area (Å²) in [4.78, 5) is 11.2. The first kappa shape index (κ1) is 14.2. The van der Waals surface area contributed by atoms with Gasteiger partial charge in [-0.15, -0.1) is 0 Å². The minimum atomic E-state index is -5.56. The van der Waals surface area contributed by atoms with E-state index in [2.05, 4.69) is 24.4 Å². The van der Waals surface area contributed by atoms with Gasteiger partial charge in [0.2, 0.25) is 5.82 Å². The van der Waals surface area contributed by atoms with E-state index in [4.69, 9.17) is 0 Å². The zero-order valence-corrected chi connectivity index (χ0v) is 9.04. The summed E-state index contributed by atoms with van der Waals surface area (Å²) in [5.41, 5.74) is 0. The van der Waals surface area contributed by atoms with E-state index in [9.17, 15) is 22.4 Å². The average molecular weight is 273 g/mol. The highest BCUT2D eigenvalue weighted by Crippen LogP contribution is 2.36.